The quantitative estimate of drug-likeness (QED) is 0.792. The van der Waals surface area contributed by atoms with Crippen molar-refractivity contribution in [2.75, 3.05) is 26.2 Å². The molecule has 0 saturated carbocycles. The number of piperazine rings is 1. The molecule has 132 valence electrons. The smallest absolute Gasteiger partial charge is 0.253 e. The van der Waals surface area contributed by atoms with Crippen molar-refractivity contribution in [2.45, 2.75) is 6.42 Å². The van der Waals surface area contributed by atoms with E-state index in [0.29, 0.717) is 38.2 Å². The van der Waals surface area contributed by atoms with Gasteiger partial charge in [0.05, 0.1) is 6.42 Å². The molecule has 1 saturated heterocycles. The molecular formula is C21H21N3O2. The third-order valence-electron chi connectivity index (χ3n) is 4.96. The third kappa shape index (κ3) is 3.20. The summed E-state index contributed by atoms with van der Waals surface area (Å²) in [6.45, 7) is 2.32. The lowest BCUT2D eigenvalue weighted by Crippen LogP contribution is -2.51. The number of amides is 2. The Morgan fingerprint density at radius 2 is 1.50 bits per heavy atom. The second kappa shape index (κ2) is 7.04. The highest BCUT2D eigenvalue weighted by molar-refractivity contribution is 5.94. The maximum atomic E-state index is 12.7. The highest BCUT2D eigenvalue weighted by atomic mass is 16.2. The molecule has 2 amide bonds. The molecule has 0 aliphatic carbocycles. The number of benzene rings is 2. The van der Waals surface area contributed by atoms with Gasteiger partial charge >= 0.3 is 0 Å². The van der Waals surface area contributed by atoms with Crippen LogP contribution in [-0.2, 0) is 11.2 Å². The van der Waals surface area contributed by atoms with E-state index < -0.39 is 0 Å². The van der Waals surface area contributed by atoms with Crippen molar-refractivity contribution >= 4 is 22.7 Å². The van der Waals surface area contributed by atoms with Gasteiger partial charge in [0.15, 0.2) is 0 Å². The van der Waals surface area contributed by atoms with Crippen LogP contribution in [0.4, 0.5) is 0 Å². The molecule has 0 unspecified atom stereocenters. The van der Waals surface area contributed by atoms with Crippen LogP contribution in [-0.4, -0.2) is 52.8 Å². The largest absolute Gasteiger partial charge is 0.361 e. The van der Waals surface area contributed by atoms with Crippen LogP contribution in [0.15, 0.2) is 60.8 Å². The van der Waals surface area contributed by atoms with Crippen molar-refractivity contribution in [2.24, 2.45) is 0 Å². The van der Waals surface area contributed by atoms with E-state index >= 15 is 0 Å². The number of aromatic amines is 1. The predicted octanol–water partition coefficient (Wildman–Crippen LogP) is 2.70. The summed E-state index contributed by atoms with van der Waals surface area (Å²) < 4.78 is 0. The highest BCUT2D eigenvalue weighted by Gasteiger charge is 2.25. The van der Waals surface area contributed by atoms with Gasteiger partial charge in [0.2, 0.25) is 5.91 Å². The maximum Gasteiger partial charge on any atom is 0.253 e. The van der Waals surface area contributed by atoms with Gasteiger partial charge in [-0.15, -0.1) is 0 Å². The number of nitrogens with zero attached hydrogens (tertiary/aromatic N) is 2. The first-order valence-corrected chi connectivity index (χ1v) is 8.89. The number of fused-ring (bicyclic) bond motifs is 1. The molecule has 5 heteroatoms. The topological polar surface area (TPSA) is 56.4 Å². The average molecular weight is 347 g/mol. The first-order chi connectivity index (χ1) is 12.7. The van der Waals surface area contributed by atoms with Crippen LogP contribution >= 0.6 is 0 Å². The summed E-state index contributed by atoms with van der Waals surface area (Å²) in [5, 5.41) is 1.10. The van der Waals surface area contributed by atoms with Crippen LogP contribution in [0, 0.1) is 0 Å². The van der Waals surface area contributed by atoms with Gasteiger partial charge in [-0.2, -0.15) is 0 Å². The summed E-state index contributed by atoms with van der Waals surface area (Å²) in [7, 11) is 0. The third-order valence-corrected chi connectivity index (χ3v) is 4.96. The van der Waals surface area contributed by atoms with Crippen LogP contribution in [0.3, 0.4) is 0 Å². The summed E-state index contributed by atoms with van der Waals surface area (Å²) in [5.74, 6) is 0.149. The van der Waals surface area contributed by atoms with Gasteiger partial charge in [0.1, 0.15) is 0 Å². The van der Waals surface area contributed by atoms with Crippen LogP contribution in [0.2, 0.25) is 0 Å². The number of aromatic nitrogens is 1. The van der Waals surface area contributed by atoms with Gasteiger partial charge in [-0.05, 0) is 23.8 Å². The number of hydrogen-bond donors (Lipinski definition) is 1. The summed E-state index contributed by atoms with van der Waals surface area (Å²) in [4.78, 5) is 32.1. The van der Waals surface area contributed by atoms with Crippen molar-refractivity contribution in [1.82, 2.24) is 14.8 Å². The number of rotatable bonds is 3. The second-order valence-corrected chi connectivity index (χ2v) is 6.58. The molecule has 0 atom stereocenters. The van der Waals surface area contributed by atoms with Crippen molar-refractivity contribution in [1.29, 1.82) is 0 Å². The van der Waals surface area contributed by atoms with E-state index in [1.807, 2.05) is 70.6 Å². The average Bonchev–Trinajstić information content (AvgIpc) is 3.11. The summed E-state index contributed by atoms with van der Waals surface area (Å²) in [6, 6.07) is 17.3. The molecule has 3 aromatic rings. The van der Waals surface area contributed by atoms with E-state index in [-0.39, 0.29) is 11.8 Å². The first-order valence-electron chi connectivity index (χ1n) is 8.89. The lowest BCUT2D eigenvalue weighted by atomic mass is 10.1. The standard InChI is InChI=1S/C21H21N3O2/c25-20(14-17-15-22-19-9-5-4-8-18(17)19)23-10-12-24(13-11-23)21(26)16-6-2-1-3-7-16/h1-9,15,22H,10-14H2. The summed E-state index contributed by atoms with van der Waals surface area (Å²) >= 11 is 0. The minimum atomic E-state index is 0.0364. The molecule has 1 N–H and O–H groups in total. The molecule has 1 fully saturated rings. The Morgan fingerprint density at radius 1 is 0.846 bits per heavy atom. The van der Waals surface area contributed by atoms with Crippen LogP contribution in [0.5, 0.6) is 0 Å². The monoisotopic (exact) mass is 347 g/mol. The fraction of sp³-hybridized carbons (Fsp3) is 0.238. The Balaban J connectivity index is 1.37. The van der Waals surface area contributed by atoms with Crippen LogP contribution < -0.4 is 0 Å². The number of para-hydroxylation sites is 1. The highest BCUT2D eigenvalue weighted by Crippen LogP contribution is 2.19. The molecular weight excluding hydrogens is 326 g/mol. The molecule has 2 heterocycles. The molecule has 1 aliphatic rings. The number of nitrogens with one attached hydrogen (secondary N) is 1. The summed E-state index contributed by atoms with van der Waals surface area (Å²) in [5.41, 5.74) is 2.77. The van der Waals surface area contributed by atoms with E-state index in [0.717, 1.165) is 16.5 Å². The number of H-pyrrole nitrogens is 1. The Morgan fingerprint density at radius 3 is 2.27 bits per heavy atom. The zero-order chi connectivity index (χ0) is 17.9. The Labute approximate surface area is 152 Å². The van der Waals surface area contributed by atoms with Crippen molar-refractivity contribution in [3.8, 4) is 0 Å². The van der Waals surface area contributed by atoms with Crippen LogP contribution in [0.25, 0.3) is 10.9 Å². The Bertz CT molecular complexity index is 925. The molecule has 26 heavy (non-hydrogen) atoms. The lowest BCUT2D eigenvalue weighted by molar-refractivity contribution is -0.131. The van der Waals surface area contributed by atoms with Gasteiger partial charge in [-0.3, -0.25) is 9.59 Å². The number of carbonyl (C=O) groups is 2. The zero-order valence-corrected chi connectivity index (χ0v) is 14.5. The van der Waals surface area contributed by atoms with Gasteiger partial charge in [0.25, 0.3) is 5.91 Å². The summed E-state index contributed by atoms with van der Waals surface area (Å²) in [6.07, 6.45) is 2.30. The molecule has 0 bridgehead atoms. The lowest BCUT2D eigenvalue weighted by Gasteiger charge is -2.35. The van der Waals surface area contributed by atoms with E-state index in [9.17, 15) is 9.59 Å². The van der Waals surface area contributed by atoms with Crippen molar-refractivity contribution < 1.29 is 9.59 Å². The fourth-order valence-corrected chi connectivity index (χ4v) is 3.47. The maximum absolute atomic E-state index is 12.7. The Hall–Kier alpha value is -3.08. The van der Waals surface area contributed by atoms with Gasteiger partial charge in [-0.1, -0.05) is 36.4 Å². The van der Waals surface area contributed by atoms with E-state index in [1.54, 1.807) is 0 Å². The first kappa shape index (κ1) is 16.4. The van der Waals surface area contributed by atoms with Gasteiger partial charge in [0, 0.05) is 48.8 Å². The number of hydrogen-bond acceptors (Lipinski definition) is 2. The molecule has 0 radical (unpaired) electrons. The predicted molar refractivity (Wildman–Crippen MR) is 101 cm³/mol. The van der Waals surface area contributed by atoms with E-state index in [1.165, 1.54) is 0 Å². The molecule has 1 aliphatic heterocycles. The van der Waals surface area contributed by atoms with E-state index in [2.05, 4.69) is 4.98 Å². The van der Waals surface area contributed by atoms with Crippen molar-refractivity contribution in [3.63, 3.8) is 0 Å². The van der Waals surface area contributed by atoms with Gasteiger partial charge < -0.3 is 14.8 Å². The Kier molecular flexibility index (Phi) is 4.44. The molecule has 4 rings (SSSR count). The fourth-order valence-electron chi connectivity index (χ4n) is 3.47. The molecule has 2 aromatic carbocycles. The second-order valence-electron chi connectivity index (χ2n) is 6.58. The van der Waals surface area contributed by atoms with Crippen LogP contribution in [0.1, 0.15) is 15.9 Å². The van der Waals surface area contributed by atoms with Gasteiger partial charge in [-0.25, -0.2) is 0 Å². The minimum absolute atomic E-state index is 0.0364. The SMILES string of the molecule is O=C(Cc1c[nH]c2ccccc12)N1CCN(C(=O)c2ccccc2)CC1. The normalized spacial score (nSPS) is 14.6. The molecule has 0 spiro atoms. The minimum Gasteiger partial charge on any atom is -0.361 e. The van der Waals surface area contributed by atoms with E-state index in [4.69, 9.17) is 0 Å². The zero-order valence-electron chi connectivity index (χ0n) is 14.5. The number of carbonyl (C=O) groups excluding carboxylic acids is 2. The van der Waals surface area contributed by atoms with Crippen molar-refractivity contribution in [3.05, 3.63) is 71.9 Å². The molecule has 5 nitrogen and oxygen atoms in total. The molecule has 1 aromatic heterocycles.